The summed E-state index contributed by atoms with van der Waals surface area (Å²) >= 11 is 6.11. The molecule has 1 atom stereocenters. The fraction of sp³-hybridized carbons (Fsp3) is 0.333. The molecule has 0 saturated carbocycles. The summed E-state index contributed by atoms with van der Waals surface area (Å²) in [6.45, 7) is 0.743. The van der Waals surface area contributed by atoms with Crippen molar-refractivity contribution in [2.75, 3.05) is 11.4 Å². The molecule has 2 aromatic rings. The molecule has 1 aliphatic carbocycles. The van der Waals surface area contributed by atoms with Crippen LogP contribution in [0.2, 0.25) is 5.02 Å². The van der Waals surface area contributed by atoms with E-state index in [9.17, 15) is 4.79 Å². The number of fused-ring (bicyclic) bond motifs is 2. The first kappa shape index (κ1) is 13.8. The molecule has 22 heavy (non-hydrogen) atoms. The van der Waals surface area contributed by atoms with Crippen molar-refractivity contribution in [1.82, 2.24) is 4.98 Å². The first-order chi connectivity index (χ1) is 10.7. The molecule has 4 heteroatoms. The minimum atomic E-state index is -0.116. The van der Waals surface area contributed by atoms with Gasteiger partial charge < -0.3 is 4.90 Å². The van der Waals surface area contributed by atoms with Crippen molar-refractivity contribution in [3.05, 3.63) is 58.4 Å². The number of nitrogens with zero attached hydrogens (tertiary/aromatic N) is 2. The third-order valence-corrected chi connectivity index (χ3v) is 4.94. The number of anilines is 1. The van der Waals surface area contributed by atoms with Crippen LogP contribution in [0.15, 0.2) is 36.5 Å². The Morgan fingerprint density at radius 3 is 3.05 bits per heavy atom. The summed E-state index contributed by atoms with van der Waals surface area (Å²) < 4.78 is 0. The minimum Gasteiger partial charge on any atom is -0.311 e. The van der Waals surface area contributed by atoms with Gasteiger partial charge in [-0.15, -0.1) is 0 Å². The molecule has 0 fully saturated rings. The van der Waals surface area contributed by atoms with Crippen molar-refractivity contribution in [3.63, 3.8) is 0 Å². The van der Waals surface area contributed by atoms with Gasteiger partial charge in [-0.1, -0.05) is 23.7 Å². The van der Waals surface area contributed by atoms with Crippen LogP contribution in [0, 0.1) is 0 Å². The molecule has 0 saturated heterocycles. The van der Waals surface area contributed by atoms with E-state index >= 15 is 0 Å². The van der Waals surface area contributed by atoms with Crippen molar-refractivity contribution in [1.29, 1.82) is 0 Å². The van der Waals surface area contributed by atoms with Crippen molar-refractivity contribution in [2.24, 2.45) is 0 Å². The van der Waals surface area contributed by atoms with Crippen LogP contribution in [-0.2, 0) is 17.6 Å². The second-order valence-electron chi connectivity index (χ2n) is 6.01. The van der Waals surface area contributed by atoms with Gasteiger partial charge in [-0.05, 0) is 55.0 Å². The zero-order chi connectivity index (χ0) is 15.1. The van der Waals surface area contributed by atoms with Crippen LogP contribution in [0.4, 0.5) is 5.69 Å². The van der Waals surface area contributed by atoms with Gasteiger partial charge in [0, 0.05) is 23.5 Å². The molecule has 1 aromatic carbocycles. The highest BCUT2D eigenvalue weighted by atomic mass is 35.5. The molecule has 0 radical (unpaired) electrons. The zero-order valence-corrected chi connectivity index (χ0v) is 13.0. The number of aryl methyl sites for hydroxylation is 1. The molecule has 0 bridgehead atoms. The van der Waals surface area contributed by atoms with Crippen LogP contribution in [0.1, 0.15) is 35.6 Å². The Morgan fingerprint density at radius 2 is 2.14 bits per heavy atom. The number of aromatic nitrogens is 1. The lowest BCUT2D eigenvalue weighted by Gasteiger charge is -2.28. The van der Waals surface area contributed by atoms with Gasteiger partial charge in [0.25, 0.3) is 0 Å². The van der Waals surface area contributed by atoms with Crippen molar-refractivity contribution in [3.8, 4) is 0 Å². The molecule has 1 aromatic heterocycles. The molecule has 2 heterocycles. The van der Waals surface area contributed by atoms with E-state index in [0.717, 1.165) is 43.6 Å². The molecule has 1 unspecified atom stereocenters. The van der Waals surface area contributed by atoms with Crippen molar-refractivity contribution >= 4 is 23.2 Å². The van der Waals surface area contributed by atoms with E-state index < -0.39 is 0 Å². The lowest BCUT2D eigenvalue weighted by atomic mass is 9.85. The summed E-state index contributed by atoms with van der Waals surface area (Å²) in [4.78, 5) is 19.5. The van der Waals surface area contributed by atoms with Gasteiger partial charge in [0.05, 0.1) is 11.6 Å². The fourth-order valence-corrected chi connectivity index (χ4v) is 3.79. The van der Waals surface area contributed by atoms with Crippen molar-refractivity contribution in [2.45, 2.75) is 31.6 Å². The molecule has 3 nitrogen and oxygen atoms in total. The highest BCUT2D eigenvalue weighted by Crippen LogP contribution is 2.36. The smallest absolute Gasteiger partial charge is 0.236 e. The van der Waals surface area contributed by atoms with Crippen LogP contribution >= 0.6 is 11.6 Å². The predicted octanol–water partition coefficient (Wildman–Crippen LogP) is 3.74. The van der Waals surface area contributed by atoms with Gasteiger partial charge in [0.2, 0.25) is 5.91 Å². The van der Waals surface area contributed by atoms with Crippen molar-refractivity contribution < 1.29 is 4.79 Å². The zero-order valence-electron chi connectivity index (χ0n) is 12.3. The van der Waals surface area contributed by atoms with Crippen LogP contribution in [-0.4, -0.2) is 17.4 Å². The molecule has 0 N–H and O–H groups in total. The maximum absolute atomic E-state index is 13.1. The normalized spacial score (nSPS) is 19.7. The third-order valence-electron chi connectivity index (χ3n) is 4.70. The number of hydrogen-bond acceptors (Lipinski definition) is 2. The molecular formula is C18H17ClN2O. The van der Waals surface area contributed by atoms with E-state index in [1.165, 1.54) is 11.1 Å². The summed E-state index contributed by atoms with van der Waals surface area (Å²) in [6.07, 6.45) is 5.65. The molecule has 4 rings (SSSR count). The van der Waals surface area contributed by atoms with E-state index in [2.05, 4.69) is 11.1 Å². The molecule has 1 amide bonds. The van der Waals surface area contributed by atoms with E-state index in [-0.39, 0.29) is 11.8 Å². The maximum Gasteiger partial charge on any atom is 0.236 e. The largest absolute Gasteiger partial charge is 0.311 e. The Morgan fingerprint density at radius 1 is 1.23 bits per heavy atom. The minimum absolute atomic E-state index is 0.116. The number of amides is 1. The number of carbonyl (C=O) groups excluding carboxylic acids is 1. The first-order valence-corrected chi connectivity index (χ1v) is 8.15. The third kappa shape index (κ3) is 2.20. The van der Waals surface area contributed by atoms with Gasteiger partial charge >= 0.3 is 0 Å². The molecule has 2 aliphatic rings. The van der Waals surface area contributed by atoms with E-state index in [0.29, 0.717) is 5.02 Å². The first-order valence-electron chi connectivity index (χ1n) is 7.77. The summed E-state index contributed by atoms with van der Waals surface area (Å²) in [5.41, 5.74) is 4.36. The Hall–Kier alpha value is -1.87. The summed E-state index contributed by atoms with van der Waals surface area (Å²) in [5, 5.41) is 0.681. The van der Waals surface area contributed by atoms with Gasteiger partial charge in [0.15, 0.2) is 0 Å². The maximum atomic E-state index is 13.1. The Labute approximate surface area is 134 Å². The topological polar surface area (TPSA) is 33.2 Å². The number of hydrogen-bond donors (Lipinski definition) is 0. The fourth-order valence-electron chi connectivity index (χ4n) is 3.62. The van der Waals surface area contributed by atoms with Crippen LogP contribution in [0.3, 0.4) is 0 Å². The standard InChI is InChI=1S/C18H17ClN2O/c19-14-7-6-12-8-10-21(16(12)11-14)18(22)15-5-1-3-13-4-2-9-20-17(13)15/h2,4,6-7,9,11,15H,1,3,5,8,10H2. The number of carbonyl (C=O) groups is 1. The average molecular weight is 313 g/mol. The molecule has 0 spiro atoms. The van der Waals surface area contributed by atoms with Gasteiger partial charge in [-0.25, -0.2) is 0 Å². The number of rotatable bonds is 1. The van der Waals surface area contributed by atoms with E-state index in [4.69, 9.17) is 11.6 Å². The van der Waals surface area contributed by atoms with E-state index in [1.807, 2.05) is 29.2 Å². The second-order valence-corrected chi connectivity index (χ2v) is 6.44. The number of halogens is 1. The Bertz CT molecular complexity index is 744. The number of pyridine rings is 1. The molecule has 112 valence electrons. The SMILES string of the molecule is O=C(C1CCCc2cccnc21)N1CCc2ccc(Cl)cc21. The molecular weight excluding hydrogens is 296 g/mol. The Balaban J connectivity index is 1.69. The summed E-state index contributed by atoms with van der Waals surface area (Å²) in [7, 11) is 0. The van der Waals surface area contributed by atoms with Crippen LogP contribution in [0.5, 0.6) is 0 Å². The predicted molar refractivity (Wildman–Crippen MR) is 87.4 cm³/mol. The highest BCUT2D eigenvalue weighted by Gasteiger charge is 2.34. The van der Waals surface area contributed by atoms with Crippen LogP contribution in [0.25, 0.3) is 0 Å². The second kappa shape index (κ2) is 5.40. The lowest BCUT2D eigenvalue weighted by molar-refractivity contribution is -0.120. The quantitative estimate of drug-likeness (QED) is 0.803. The van der Waals surface area contributed by atoms with Crippen LogP contribution < -0.4 is 4.90 Å². The van der Waals surface area contributed by atoms with Gasteiger partial charge in [-0.2, -0.15) is 0 Å². The van der Waals surface area contributed by atoms with Gasteiger partial charge in [-0.3, -0.25) is 9.78 Å². The lowest BCUT2D eigenvalue weighted by Crippen LogP contribution is -2.35. The summed E-state index contributed by atoms with van der Waals surface area (Å²) in [5.74, 6) is 0.0514. The summed E-state index contributed by atoms with van der Waals surface area (Å²) in [6, 6.07) is 9.88. The van der Waals surface area contributed by atoms with Gasteiger partial charge in [0.1, 0.15) is 0 Å². The average Bonchev–Trinajstić information content (AvgIpc) is 2.96. The van der Waals surface area contributed by atoms with E-state index in [1.54, 1.807) is 6.20 Å². The molecule has 1 aliphatic heterocycles. The number of benzene rings is 1. The highest BCUT2D eigenvalue weighted by molar-refractivity contribution is 6.31. The Kier molecular flexibility index (Phi) is 3.38. The monoisotopic (exact) mass is 312 g/mol.